The number of amidine groups is 1. The summed E-state index contributed by atoms with van der Waals surface area (Å²) in [5.41, 5.74) is 10.9. The molecule has 1 unspecified atom stereocenters. The maximum Gasteiger partial charge on any atom is 0.136 e. The first-order chi connectivity index (χ1) is 23.8. The molecular weight excluding hydrogens is 605 g/mol. The van der Waals surface area contributed by atoms with Gasteiger partial charge in [-0.05, 0) is 75.0 Å². The van der Waals surface area contributed by atoms with Crippen LogP contribution in [0.2, 0.25) is 0 Å². The molecule has 4 heteroatoms. The highest BCUT2D eigenvalue weighted by molar-refractivity contribution is 8.03. The van der Waals surface area contributed by atoms with Gasteiger partial charge in [0.25, 0.3) is 0 Å². The van der Waals surface area contributed by atoms with Crippen molar-refractivity contribution in [2.24, 2.45) is 4.99 Å². The Labute approximate surface area is 282 Å². The fourth-order valence-corrected chi connectivity index (χ4v) is 8.43. The number of nitrogens with one attached hydrogen (secondary N) is 1. The molecular formula is C44H28N2OS. The second-order valence-corrected chi connectivity index (χ2v) is 13.5. The number of aliphatic imine (C=N–C) groups is 1. The Bertz CT molecular complexity index is 2620. The van der Waals surface area contributed by atoms with Crippen molar-refractivity contribution in [1.82, 2.24) is 5.32 Å². The summed E-state index contributed by atoms with van der Waals surface area (Å²) < 4.78 is 6.57. The minimum atomic E-state index is 0.0456. The van der Waals surface area contributed by atoms with Crippen molar-refractivity contribution in [3.63, 3.8) is 0 Å². The predicted molar refractivity (Wildman–Crippen MR) is 200 cm³/mol. The average molecular weight is 633 g/mol. The van der Waals surface area contributed by atoms with E-state index in [1.165, 1.54) is 37.3 Å². The molecule has 1 N–H and O–H groups in total. The standard InChI is InChI=1S/C44H28N2OS/c1-3-10-27(11-4-1)30-20-18-28-19-21-31(25-33(28)24-30)32-22-23-34-38(26-32)47-37-16-9-15-36(40(34)37)44-45-41(29-12-5-2-6-13-29)43-42(46-44)35-14-7-8-17-39(35)48-43/h1-26,42H,(H,45,46). The van der Waals surface area contributed by atoms with E-state index in [9.17, 15) is 0 Å². The number of nitrogens with zero attached hydrogens (tertiary/aromatic N) is 1. The van der Waals surface area contributed by atoms with E-state index in [2.05, 4.69) is 163 Å². The van der Waals surface area contributed by atoms with Crippen LogP contribution in [0.3, 0.4) is 0 Å². The second kappa shape index (κ2) is 10.9. The van der Waals surface area contributed by atoms with E-state index >= 15 is 0 Å². The van der Waals surface area contributed by atoms with E-state index in [-0.39, 0.29) is 6.04 Å². The lowest BCUT2D eigenvalue weighted by atomic mass is 9.96. The third kappa shape index (κ3) is 4.41. The summed E-state index contributed by atoms with van der Waals surface area (Å²) in [7, 11) is 0. The van der Waals surface area contributed by atoms with Gasteiger partial charge < -0.3 is 9.73 Å². The van der Waals surface area contributed by atoms with Gasteiger partial charge in [-0.1, -0.05) is 133 Å². The molecule has 48 heavy (non-hydrogen) atoms. The SMILES string of the molecule is c1ccc(C2=C3Sc4ccccc4C3NC(c3cccc4oc5cc(-c6ccc7ccc(-c8ccccc8)cc7c6)ccc5c34)=N2)cc1. The van der Waals surface area contributed by atoms with Crippen LogP contribution < -0.4 is 5.32 Å². The highest BCUT2D eigenvalue weighted by Gasteiger charge is 2.35. The lowest BCUT2D eigenvalue weighted by Crippen LogP contribution is -2.32. The van der Waals surface area contributed by atoms with Crippen LogP contribution in [0.4, 0.5) is 0 Å². The van der Waals surface area contributed by atoms with Gasteiger partial charge in [0.05, 0.1) is 11.7 Å². The van der Waals surface area contributed by atoms with Gasteiger partial charge in [-0.3, -0.25) is 0 Å². The van der Waals surface area contributed by atoms with Crippen LogP contribution in [0.1, 0.15) is 22.7 Å². The molecule has 226 valence electrons. The molecule has 0 bridgehead atoms. The average Bonchev–Trinajstić information content (AvgIpc) is 3.73. The van der Waals surface area contributed by atoms with Crippen LogP contribution in [0.25, 0.3) is 60.7 Å². The monoisotopic (exact) mass is 632 g/mol. The van der Waals surface area contributed by atoms with Gasteiger partial charge in [-0.2, -0.15) is 0 Å². The van der Waals surface area contributed by atoms with Crippen molar-refractivity contribution in [3.05, 3.63) is 179 Å². The molecule has 2 aliphatic rings. The molecule has 0 saturated heterocycles. The number of benzene rings is 7. The van der Waals surface area contributed by atoms with Crippen molar-refractivity contribution < 1.29 is 4.42 Å². The fourth-order valence-electron chi connectivity index (χ4n) is 7.17. The smallest absolute Gasteiger partial charge is 0.136 e. The third-order valence-corrected chi connectivity index (χ3v) is 10.8. The van der Waals surface area contributed by atoms with Crippen molar-refractivity contribution in [1.29, 1.82) is 0 Å². The van der Waals surface area contributed by atoms with Crippen LogP contribution >= 0.6 is 11.8 Å². The molecule has 0 aliphatic carbocycles. The fraction of sp³-hybridized carbons (Fsp3) is 0.0227. The van der Waals surface area contributed by atoms with E-state index < -0.39 is 0 Å². The normalized spacial score (nSPS) is 15.4. The number of rotatable bonds is 4. The van der Waals surface area contributed by atoms with E-state index in [4.69, 9.17) is 9.41 Å². The molecule has 1 atom stereocenters. The summed E-state index contributed by atoms with van der Waals surface area (Å²) in [6.45, 7) is 0. The Morgan fingerprint density at radius 3 is 2.04 bits per heavy atom. The Morgan fingerprint density at radius 2 is 1.23 bits per heavy atom. The van der Waals surface area contributed by atoms with Crippen LogP contribution in [-0.2, 0) is 0 Å². The molecule has 3 nitrogen and oxygen atoms in total. The maximum atomic E-state index is 6.57. The molecule has 0 radical (unpaired) electrons. The van der Waals surface area contributed by atoms with Crippen LogP contribution in [-0.4, -0.2) is 5.84 Å². The van der Waals surface area contributed by atoms with Gasteiger partial charge in [-0.25, -0.2) is 4.99 Å². The summed E-state index contributed by atoms with van der Waals surface area (Å²) in [5, 5.41) is 8.44. The van der Waals surface area contributed by atoms with E-state index in [1.807, 2.05) is 11.8 Å². The molecule has 2 aliphatic heterocycles. The third-order valence-electron chi connectivity index (χ3n) is 9.53. The highest BCUT2D eigenvalue weighted by atomic mass is 32.2. The first-order valence-electron chi connectivity index (χ1n) is 16.2. The Hall–Kier alpha value is -5.84. The Morgan fingerprint density at radius 1 is 0.542 bits per heavy atom. The van der Waals surface area contributed by atoms with E-state index in [1.54, 1.807) is 0 Å². The Kier molecular flexibility index (Phi) is 6.18. The lowest BCUT2D eigenvalue weighted by molar-refractivity contribution is 0.669. The molecule has 7 aromatic carbocycles. The quantitative estimate of drug-likeness (QED) is 0.210. The minimum absolute atomic E-state index is 0.0456. The van der Waals surface area contributed by atoms with Crippen LogP contribution in [0.5, 0.6) is 0 Å². The summed E-state index contributed by atoms with van der Waals surface area (Å²) in [5.74, 6) is 0.862. The van der Waals surface area contributed by atoms with E-state index in [0.29, 0.717) is 0 Å². The van der Waals surface area contributed by atoms with Gasteiger partial charge >= 0.3 is 0 Å². The van der Waals surface area contributed by atoms with Crippen molar-refractivity contribution in [3.8, 4) is 22.3 Å². The lowest BCUT2D eigenvalue weighted by Gasteiger charge is -2.25. The van der Waals surface area contributed by atoms with Crippen molar-refractivity contribution in [2.75, 3.05) is 0 Å². The van der Waals surface area contributed by atoms with Crippen molar-refractivity contribution >= 4 is 56.0 Å². The van der Waals surface area contributed by atoms with E-state index in [0.717, 1.165) is 55.7 Å². The number of furan rings is 1. The summed E-state index contributed by atoms with van der Waals surface area (Å²) in [4.78, 5) is 7.85. The van der Waals surface area contributed by atoms with Gasteiger partial charge in [0.1, 0.15) is 17.0 Å². The largest absolute Gasteiger partial charge is 0.456 e. The summed E-state index contributed by atoms with van der Waals surface area (Å²) in [6.07, 6.45) is 0. The van der Waals surface area contributed by atoms with Gasteiger partial charge in [0.15, 0.2) is 0 Å². The number of thioether (sulfide) groups is 1. The van der Waals surface area contributed by atoms with Gasteiger partial charge in [0, 0.05) is 31.7 Å². The maximum absolute atomic E-state index is 6.57. The van der Waals surface area contributed by atoms with Gasteiger partial charge in [0.2, 0.25) is 0 Å². The van der Waals surface area contributed by atoms with Crippen molar-refractivity contribution in [2.45, 2.75) is 10.9 Å². The molecule has 0 spiro atoms. The first kappa shape index (κ1) is 27.3. The zero-order valence-corrected chi connectivity index (χ0v) is 26.7. The number of hydrogen-bond acceptors (Lipinski definition) is 4. The highest BCUT2D eigenvalue weighted by Crippen LogP contribution is 2.52. The molecule has 3 heterocycles. The summed E-state index contributed by atoms with van der Waals surface area (Å²) >= 11 is 1.82. The molecule has 10 rings (SSSR count). The molecule has 0 fully saturated rings. The van der Waals surface area contributed by atoms with Crippen LogP contribution in [0, 0.1) is 0 Å². The predicted octanol–water partition coefficient (Wildman–Crippen LogP) is 11.6. The Balaban J connectivity index is 1.08. The molecule has 8 aromatic rings. The molecule has 0 saturated carbocycles. The summed E-state index contributed by atoms with van der Waals surface area (Å²) in [6, 6.07) is 56.0. The zero-order valence-electron chi connectivity index (χ0n) is 25.9. The van der Waals surface area contributed by atoms with Crippen LogP contribution in [0.15, 0.2) is 177 Å². The first-order valence-corrected chi connectivity index (χ1v) is 17.1. The number of fused-ring (bicyclic) bond motifs is 7. The second-order valence-electron chi connectivity index (χ2n) is 12.4. The zero-order chi connectivity index (χ0) is 31.6. The minimum Gasteiger partial charge on any atom is -0.456 e. The number of hydrogen-bond donors (Lipinski definition) is 1. The van der Waals surface area contributed by atoms with Gasteiger partial charge in [-0.15, -0.1) is 0 Å². The topological polar surface area (TPSA) is 37.5 Å². The molecule has 0 amide bonds. The molecule has 1 aromatic heterocycles.